The monoisotopic (exact) mass is 359 g/mol. The minimum absolute atomic E-state index is 0.162. The minimum Gasteiger partial charge on any atom is -0.464 e. The summed E-state index contributed by atoms with van der Waals surface area (Å²) < 4.78 is 27.7. The van der Waals surface area contributed by atoms with E-state index in [1.54, 1.807) is 41.5 Å². The largest absolute Gasteiger partial charge is 0.464 e. The van der Waals surface area contributed by atoms with E-state index in [0.29, 0.717) is 13.0 Å². The Morgan fingerprint density at radius 1 is 1.20 bits per heavy atom. The molecule has 8 heteroatoms. The van der Waals surface area contributed by atoms with E-state index in [0.717, 1.165) is 0 Å². The number of nitrogens with one attached hydrogen (secondary N) is 1. The number of carbonyl (C=O) groups is 2. The summed E-state index contributed by atoms with van der Waals surface area (Å²) in [7, 11) is 0. The van der Waals surface area contributed by atoms with Crippen LogP contribution in [-0.2, 0) is 28.5 Å². The fourth-order valence-corrected chi connectivity index (χ4v) is 3.08. The van der Waals surface area contributed by atoms with Gasteiger partial charge in [-0.3, -0.25) is 0 Å². The van der Waals surface area contributed by atoms with Gasteiger partial charge >= 0.3 is 12.1 Å². The molecule has 1 aliphatic carbocycles. The molecule has 0 bridgehead atoms. The molecule has 0 spiro atoms. The lowest BCUT2D eigenvalue weighted by molar-refractivity contribution is -0.172. The van der Waals surface area contributed by atoms with Gasteiger partial charge in [-0.25, -0.2) is 9.59 Å². The van der Waals surface area contributed by atoms with Crippen LogP contribution in [0.1, 0.15) is 48.0 Å². The van der Waals surface area contributed by atoms with Gasteiger partial charge in [-0.1, -0.05) is 0 Å². The van der Waals surface area contributed by atoms with E-state index in [1.807, 2.05) is 0 Å². The third kappa shape index (κ3) is 5.55. The van der Waals surface area contributed by atoms with Crippen molar-refractivity contribution in [3.63, 3.8) is 0 Å². The lowest BCUT2D eigenvalue weighted by Crippen LogP contribution is -2.45. The van der Waals surface area contributed by atoms with Gasteiger partial charge in [0.05, 0.1) is 18.8 Å². The van der Waals surface area contributed by atoms with Gasteiger partial charge in [0, 0.05) is 0 Å². The number of alkyl carbamates (subject to hydrolysis) is 1. The summed E-state index contributed by atoms with van der Waals surface area (Å²) >= 11 is 0. The smallest absolute Gasteiger partial charge is 0.407 e. The number of ether oxygens (including phenoxy) is 5. The zero-order chi connectivity index (χ0) is 18.8. The third-order valence-electron chi connectivity index (χ3n) is 3.84. The summed E-state index contributed by atoms with van der Waals surface area (Å²) in [5.41, 5.74) is -0.589. The number of hydrogen-bond acceptors (Lipinski definition) is 7. The highest BCUT2D eigenvalue weighted by Crippen LogP contribution is 2.39. The average molecular weight is 359 g/mol. The molecular weight excluding hydrogens is 330 g/mol. The standard InChI is InChI=1S/C17H29NO7/c1-7-21-12(19)9-22-11-8-10(18-15(20)25-16(2,3)4)13-14(11)24-17(5,6)23-13/h10-11,13-14H,7-9H2,1-6H3,(H,18,20). The summed E-state index contributed by atoms with van der Waals surface area (Å²) in [4.78, 5) is 23.6. The quantitative estimate of drug-likeness (QED) is 0.748. The van der Waals surface area contributed by atoms with Crippen LogP contribution >= 0.6 is 0 Å². The van der Waals surface area contributed by atoms with E-state index in [9.17, 15) is 9.59 Å². The molecule has 4 unspecified atom stereocenters. The summed E-state index contributed by atoms with van der Waals surface area (Å²) in [6.45, 7) is 10.9. The van der Waals surface area contributed by atoms with Gasteiger partial charge in [0.15, 0.2) is 5.79 Å². The molecule has 4 atom stereocenters. The second kappa shape index (κ2) is 7.47. The molecular formula is C17H29NO7. The average Bonchev–Trinajstić information content (AvgIpc) is 2.89. The van der Waals surface area contributed by atoms with Gasteiger partial charge in [-0.05, 0) is 48.0 Å². The SMILES string of the molecule is CCOC(=O)COC1CC(NC(=O)OC(C)(C)C)C2OC(C)(C)OC12. The number of carbonyl (C=O) groups excluding carboxylic acids is 2. The fraction of sp³-hybridized carbons (Fsp3) is 0.882. The lowest BCUT2D eigenvalue weighted by atomic mass is 10.2. The summed E-state index contributed by atoms with van der Waals surface area (Å²) in [5.74, 6) is -1.21. The van der Waals surface area contributed by atoms with Gasteiger partial charge in [0.2, 0.25) is 0 Å². The van der Waals surface area contributed by atoms with Crippen molar-refractivity contribution in [3.8, 4) is 0 Å². The highest BCUT2D eigenvalue weighted by Gasteiger charge is 2.55. The maximum Gasteiger partial charge on any atom is 0.407 e. The van der Waals surface area contributed by atoms with Crippen molar-refractivity contribution in [2.75, 3.05) is 13.2 Å². The van der Waals surface area contributed by atoms with Crippen molar-refractivity contribution >= 4 is 12.1 Å². The van der Waals surface area contributed by atoms with E-state index in [2.05, 4.69) is 5.32 Å². The fourth-order valence-electron chi connectivity index (χ4n) is 3.08. The number of esters is 1. The molecule has 1 saturated carbocycles. The summed E-state index contributed by atoms with van der Waals surface area (Å²) in [6, 6.07) is -0.325. The first kappa shape index (κ1) is 19.9. The summed E-state index contributed by atoms with van der Waals surface area (Å²) in [5, 5.41) is 2.83. The van der Waals surface area contributed by atoms with E-state index in [-0.39, 0.29) is 31.0 Å². The molecule has 1 amide bonds. The van der Waals surface area contributed by atoms with E-state index < -0.39 is 23.5 Å². The van der Waals surface area contributed by atoms with Crippen LogP contribution in [0.4, 0.5) is 4.79 Å². The lowest BCUT2D eigenvalue weighted by Gasteiger charge is -2.25. The first-order valence-electron chi connectivity index (χ1n) is 8.63. The second-order valence-electron chi connectivity index (χ2n) is 7.71. The van der Waals surface area contributed by atoms with Crippen LogP contribution in [0.5, 0.6) is 0 Å². The second-order valence-corrected chi connectivity index (χ2v) is 7.71. The first-order valence-corrected chi connectivity index (χ1v) is 8.63. The molecule has 1 aliphatic heterocycles. The third-order valence-corrected chi connectivity index (χ3v) is 3.84. The maximum absolute atomic E-state index is 12.1. The molecule has 1 N–H and O–H groups in total. The van der Waals surface area contributed by atoms with Crippen molar-refractivity contribution in [1.82, 2.24) is 5.32 Å². The van der Waals surface area contributed by atoms with E-state index >= 15 is 0 Å². The molecule has 25 heavy (non-hydrogen) atoms. The number of rotatable bonds is 5. The highest BCUT2D eigenvalue weighted by atomic mass is 16.8. The zero-order valence-electron chi connectivity index (χ0n) is 15.8. The topological polar surface area (TPSA) is 92.3 Å². The minimum atomic E-state index is -0.783. The van der Waals surface area contributed by atoms with Crippen LogP contribution in [0.2, 0.25) is 0 Å². The molecule has 2 fully saturated rings. The van der Waals surface area contributed by atoms with E-state index in [1.165, 1.54) is 0 Å². The van der Waals surface area contributed by atoms with Gasteiger partial charge in [-0.2, -0.15) is 0 Å². The van der Waals surface area contributed by atoms with Gasteiger partial charge in [0.1, 0.15) is 24.4 Å². The normalized spacial score (nSPS) is 30.6. The van der Waals surface area contributed by atoms with Crippen LogP contribution in [0.15, 0.2) is 0 Å². The Bertz CT molecular complexity index is 500. The zero-order valence-corrected chi connectivity index (χ0v) is 15.8. The van der Waals surface area contributed by atoms with Crippen molar-refractivity contribution in [2.24, 2.45) is 0 Å². The Balaban J connectivity index is 1.99. The molecule has 0 aromatic heterocycles. The van der Waals surface area contributed by atoms with Gasteiger partial charge in [-0.15, -0.1) is 0 Å². The summed E-state index contributed by atoms with van der Waals surface area (Å²) in [6.07, 6.45) is -1.17. The maximum atomic E-state index is 12.1. The molecule has 0 aromatic carbocycles. The Morgan fingerprint density at radius 3 is 2.44 bits per heavy atom. The van der Waals surface area contributed by atoms with Crippen LogP contribution in [0.3, 0.4) is 0 Å². The number of hydrogen-bond donors (Lipinski definition) is 1. The molecule has 0 aromatic rings. The Labute approximate surface area is 148 Å². The predicted octanol–water partition coefficient (Wildman–Crippen LogP) is 1.75. The van der Waals surface area contributed by atoms with Crippen molar-refractivity contribution in [1.29, 1.82) is 0 Å². The molecule has 0 radical (unpaired) electrons. The molecule has 144 valence electrons. The number of fused-ring (bicyclic) bond motifs is 1. The number of amides is 1. The van der Waals surface area contributed by atoms with Crippen molar-refractivity contribution < 1.29 is 33.3 Å². The Morgan fingerprint density at radius 2 is 1.84 bits per heavy atom. The van der Waals surface area contributed by atoms with Gasteiger partial charge < -0.3 is 29.0 Å². The van der Waals surface area contributed by atoms with Crippen LogP contribution in [-0.4, -0.2) is 61.0 Å². The molecule has 8 nitrogen and oxygen atoms in total. The highest BCUT2D eigenvalue weighted by molar-refractivity contribution is 5.70. The molecule has 1 heterocycles. The van der Waals surface area contributed by atoms with Crippen LogP contribution in [0, 0.1) is 0 Å². The van der Waals surface area contributed by atoms with E-state index in [4.69, 9.17) is 23.7 Å². The van der Waals surface area contributed by atoms with Crippen molar-refractivity contribution in [3.05, 3.63) is 0 Å². The van der Waals surface area contributed by atoms with Gasteiger partial charge in [0.25, 0.3) is 0 Å². The predicted molar refractivity (Wildman–Crippen MR) is 88.0 cm³/mol. The molecule has 2 rings (SSSR count). The van der Waals surface area contributed by atoms with Crippen LogP contribution < -0.4 is 5.32 Å². The van der Waals surface area contributed by atoms with Crippen molar-refractivity contribution in [2.45, 2.75) is 83.7 Å². The van der Waals surface area contributed by atoms with Crippen LogP contribution in [0.25, 0.3) is 0 Å². The Kier molecular flexibility index (Phi) is 5.96. The molecule has 1 saturated heterocycles. The first-order chi connectivity index (χ1) is 11.5. The Hall–Kier alpha value is -1.38. The molecule has 2 aliphatic rings.